The Kier molecular flexibility index (Phi) is 8.34. The highest BCUT2D eigenvalue weighted by atomic mass is 16.4. The van der Waals surface area contributed by atoms with Crippen LogP contribution in [-0.2, 0) is 9.59 Å². The van der Waals surface area contributed by atoms with E-state index < -0.39 is 12.0 Å². The minimum atomic E-state index is -0.957. The number of amides is 3. The van der Waals surface area contributed by atoms with E-state index in [9.17, 15) is 14.4 Å². The predicted molar refractivity (Wildman–Crippen MR) is 66.2 cm³/mol. The van der Waals surface area contributed by atoms with Crippen LogP contribution in [0.1, 0.15) is 26.7 Å². The Morgan fingerprint density at radius 2 is 1.83 bits per heavy atom. The zero-order chi connectivity index (χ0) is 14.0. The van der Waals surface area contributed by atoms with Gasteiger partial charge in [0.1, 0.15) is 0 Å². The molecule has 0 fully saturated rings. The third kappa shape index (κ3) is 7.48. The molecule has 0 aliphatic heterocycles. The number of carbonyl (C=O) groups is 3. The van der Waals surface area contributed by atoms with Crippen LogP contribution in [0.15, 0.2) is 0 Å². The molecular weight excluding hydrogens is 238 g/mol. The molecule has 0 aromatic heterocycles. The van der Waals surface area contributed by atoms with Gasteiger partial charge in [-0.15, -0.1) is 0 Å². The molecule has 0 aromatic carbocycles. The topological polar surface area (TPSA) is 98.7 Å². The highest BCUT2D eigenvalue weighted by Crippen LogP contribution is 1.92. The van der Waals surface area contributed by atoms with Crippen LogP contribution in [-0.4, -0.2) is 54.1 Å². The number of nitrogens with zero attached hydrogens (tertiary/aromatic N) is 1. The highest BCUT2D eigenvalue weighted by Gasteiger charge is 2.13. The monoisotopic (exact) mass is 259 g/mol. The minimum Gasteiger partial charge on any atom is -0.481 e. The van der Waals surface area contributed by atoms with E-state index in [0.29, 0.717) is 13.1 Å². The number of hydrogen-bond acceptors (Lipinski definition) is 3. The number of urea groups is 1. The lowest BCUT2D eigenvalue weighted by molar-refractivity contribution is -0.137. The first-order valence-corrected chi connectivity index (χ1v) is 6.02. The Hall–Kier alpha value is -1.79. The lowest BCUT2D eigenvalue weighted by Crippen LogP contribution is -2.45. The third-order valence-corrected chi connectivity index (χ3v) is 2.24. The van der Waals surface area contributed by atoms with Crippen LogP contribution in [0.3, 0.4) is 0 Å². The molecule has 104 valence electrons. The number of aliphatic carboxylic acids is 1. The first-order valence-electron chi connectivity index (χ1n) is 6.02. The van der Waals surface area contributed by atoms with E-state index in [0.717, 1.165) is 6.42 Å². The summed E-state index contributed by atoms with van der Waals surface area (Å²) in [4.78, 5) is 34.6. The summed E-state index contributed by atoms with van der Waals surface area (Å²) in [6.45, 7) is 4.69. The Morgan fingerprint density at radius 3 is 2.33 bits per heavy atom. The average Bonchev–Trinajstić information content (AvgIpc) is 2.34. The van der Waals surface area contributed by atoms with Gasteiger partial charge in [0, 0.05) is 19.6 Å². The quantitative estimate of drug-likeness (QED) is 0.572. The lowest BCUT2D eigenvalue weighted by atomic mass is 10.4. The van der Waals surface area contributed by atoms with Gasteiger partial charge in [-0.1, -0.05) is 6.92 Å². The average molecular weight is 259 g/mol. The molecule has 7 heteroatoms. The van der Waals surface area contributed by atoms with Crippen LogP contribution in [0.4, 0.5) is 4.79 Å². The Bertz CT molecular complexity index is 294. The van der Waals surface area contributed by atoms with E-state index in [-0.39, 0.29) is 25.4 Å². The molecule has 18 heavy (non-hydrogen) atoms. The molecule has 3 amide bonds. The molecule has 7 nitrogen and oxygen atoms in total. The number of nitrogens with one attached hydrogen (secondary N) is 2. The van der Waals surface area contributed by atoms with Crippen molar-refractivity contribution in [2.75, 3.05) is 26.2 Å². The highest BCUT2D eigenvalue weighted by molar-refractivity contribution is 5.84. The third-order valence-electron chi connectivity index (χ3n) is 2.24. The minimum absolute atomic E-state index is 0.0948. The number of carbonyl (C=O) groups excluding carboxylic acids is 2. The van der Waals surface area contributed by atoms with Gasteiger partial charge in [0.2, 0.25) is 5.91 Å². The maximum Gasteiger partial charge on any atom is 0.317 e. The summed E-state index contributed by atoms with van der Waals surface area (Å²) in [7, 11) is 0. The van der Waals surface area contributed by atoms with Crippen LogP contribution < -0.4 is 10.6 Å². The van der Waals surface area contributed by atoms with Gasteiger partial charge < -0.3 is 20.6 Å². The largest absolute Gasteiger partial charge is 0.481 e. The molecule has 0 aliphatic carbocycles. The van der Waals surface area contributed by atoms with Gasteiger partial charge in [-0.2, -0.15) is 0 Å². The molecule has 0 saturated heterocycles. The molecule has 0 saturated carbocycles. The molecular formula is C11H21N3O4. The van der Waals surface area contributed by atoms with Gasteiger partial charge in [0.15, 0.2) is 0 Å². The van der Waals surface area contributed by atoms with Gasteiger partial charge in [0.25, 0.3) is 0 Å². The maximum atomic E-state index is 11.6. The summed E-state index contributed by atoms with van der Waals surface area (Å²) in [6, 6.07) is -0.426. The number of rotatable bonds is 8. The second kappa shape index (κ2) is 9.26. The normalized spacial score (nSPS) is 9.67. The Balaban J connectivity index is 3.96. The molecule has 0 spiro atoms. The van der Waals surface area contributed by atoms with Crippen molar-refractivity contribution in [2.45, 2.75) is 26.7 Å². The summed E-state index contributed by atoms with van der Waals surface area (Å²) < 4.78 is 0. The second-order valence-corrected chi connectivity index (χ2v) is 3.73. The zero-order valence-electron chi connectivity index (χ0n) is 10.9. The predicted octanol–water partition coefficient (Wildman–Crippen LogP) is 0.0188. The van der Waals surface area contributed by atoms with E-state index in [1.807, 2.05) is 6.92 Å². The van der Waals surface area contributed by atoms with Crippen molar-refractivity contribution < 1.29 is 19.5 Å². The van der Waals surface area contributed by atoms with Crippen molar-refractivity contribution in [1.29, 1.82) is 0 Å². The van der Waals surface area contributed by atoms with E-state index in [2.05, 4.69) is 10.6 Å². The van der Waals surface area contributed by atoms with Gasteiger partial charge in [-0.3, -0.25) is 9.59 Å². The molecule has 0 unspecified atom stereocenters. The summed E-state index contributed by atoms with van der Waals surface area (Å²) in [6.07, 6.45) is 0.725. The van der Waals surface area contributed by atoms with Crippen LogP contribution >= 0.6 is 0 Å². The van der Waals surface area contributed by atoms with E-state index in [1.54, 1.807) is 6.92 Å². The summed E-state index contributed by atoms with van der Waals surface area (Å²) in [5.74, 6) is -1.21. The number of hydrogen-bond donors (Lipinski definition) is 3. The van der Waals surface area contributed by atoms with E-state index in [1.165, 1.54) is 4.90 Å². The molecule has 0 aromatic rings. The van der Waals surface area contributed by atoms with Gasteiger partial charge >= 0.3 is 12.0 Å². The molecule has 0 bridgehead atoms. The van der Waals surface area contributed by atoms with Crippen molar-refractivity contribution in [3.63, 3.8) is 0 Å². The molecule has 3 N–H and O–H groups in total. The smallest absolute Gasteiger partial charge is 0.317 e. The lowest BCUT2D eigenvalue weighted by Gasteiger charge is -2.20. The molecule has 0 radical (unpaired) electrons. The van der Waals surface area contributed by atoms with Crippen molar-refractivity contribution in [3.05, 3.63) is 0 Å². The van der Waals surface area contributed by atoms with Gasteiger partial charge in [-0.05, 0) is 13.3 Å². The summed E-state index contributed by atoms with van der Waals surface area (Å²) in [5.41, 5.74) is 0. The first kappa shape index (κ1) is 16.2. The van der Waals surface area contributed by atoms with Crippen LogP contribution in [0.5, 0.6) is 0 Å². The SMILES string of the molecule is CCCNC(=O)CNC(=O)N(CC)CCC(=O)O. The number of carboxylic acids is 1. The van der Waals surface area contributed by atoms with Crippen molar-refractivity contribution in [1.82, 2.24) is 15.5 Å². The Labute approximate surface area is 107 Å². The van der Waals surface area contributed by atoms with Crippen LogP contribution in [0, 0.1) is 0 Å². The Morgan fingerprint density at radius 1 is 1.17 bits per heavy atom. The zero-order valence-corrected chi connectivity index (χ0v) is 10.9. The standard InChI is InChI=1S/C11H21N3O4/c1-3-6-12-9(15)8-13-11(18)14(4-2)7-5-10(16)17/h3-8H2,1-2H3,(H,12,15)(H,13,18)(H,16,17). The second-order valence-electron chi connectivity index (χ2n) is 3.73. The van der Waals surface area contributed by atoms with Crippen LogP contribution in [0.25, 0.3) is 0 Å². The van der Waals surface area contributed by atoms with Crippen molar-refractivity contribution >= 4 is 17.9 Å². The molecule has 0 rings (SSSR count). The summed E-state index contributed by atoms with van der Waals surface area (Å²) in [5, 5.41) is 13.6. The maximum absolute atomic E-state index is 11.6. The molecule has 0 heterocycles. The van der Waals surface area contributed by atoms with Crippen molar-refractivity contribution in [2.24, 2.45) is 0 Å². The summed E-state index contributed by atoms with van der Waals surface area (Å²) >= 11 is 0. The van der Waals surface area contributed by atoms with Gasteiger partial charge in [-0.25, -0.2) is 4.79 Å². The fraction of sp³-hybridized carbons (Fsp3) is 0.727. The van der Waals surface area contributed by atoms with E-state index in [4.69, 9.17) is 5.11 Å². The fourth-order valence-corrected chi connectivity index (χ4v) is 1.23. The number of carboxylic acid groups (broad SMARTS) is 1. The molecule has 0 atom stereocenters. The van der Waals surface area contributed by atoms with Crippen LogP contribution in [0.2, 0.25) is 0 Å². The van der Waals surface area contributed by atoms with E-state index >= 15 is 0 Å². The molecule has 0 aliphatic rings. The fourth-order valence-electron chi connectivity index (χ4n) is 1.23. The van der Waals surface area contributed by atoms with Crippen molar-refractivity contribution in [3.8, 4) is 0 Å². The first-order chi connectivity index (χ1) is 8.51. The van der Waals surface area contributed by atoms with Gasteiger partial charge in [0.05, 0.1) is 13.0 Å².